The predicted molar refractivity (Wildman–Crippen MR) is 89.3 cm³/mol. The van der Waals surface area contributed by atoms with E-state index in [1.54, 1.807) is 16.8 Å². The minimum atomic E-state index is -0.104. The van der Waals surface area contributed by atoms with Crippen molar-refractivity contribution < 1.29 is 14.3 Å². The van der Waals surface area contributed by atoms with E-state index < -0.39 is 0 Å². The van der Waals surface area contributed by atoms with Crippen LogP contribution in [-0.2, 0) is 4.79 Å². The predicted octanol–water partition coefficient (Wildman–Crippen LogP) is 3.40. The van der Waals surface area contributed by atoms with Crippen LogP contribution in [0.15, 0.2) is 48.5 Å². The summed E-state index contributed by atoms with van der Waals surface area (Å²) < 4.78 is 10.8. The molecule has 2 aliphatic rings. The van der Waals surface area contributed by atoms with Gasteiger partial charge >= 0.3 is 0 Å². The van der Waals surface area contributed by atoms with E-state index in [1.165, 1.54) is 0 Å². The number of hydrogen-bond donors (Lipinski definition) is 1. The van der Waals surface area contributed by atoms with Gasteiger partial charge in [-0.25, -0.2) is 5.01 Å². The molecule has 23 heavy (non-hydrogen) atoms. The molecule has 0 aromatic heterocycles. The van der Waals surface area contributed by atoms with E-state index >= 15 is 0 Å². The SMILES string of the molecule is CC1SC(c2ccc3c(c2)OCO3)N(Nc2ccccc2)C1=O. The van der Waals surface area contributed by atoms with Crippen LogP contribution in [0.1, 0.15) is 17.9 Å². The van der Waals surface area contributed by atoms with Crippen LogP contribution in [0.5, 0.6) is 11.5 Å². The highest BCUT2D eigenvalue weighted by Crippen LogP contribution is 2.45. The molecule has 1 fully saturated rings. The van der Waals surface area contributed by atoms with Crippen LogP contribution in [0.4, 0.5) is 5.69 Å². The Balaban J connectivity index is 1.64. The van der Waals surface area contributed by atoms with Crippen molar-refractivity contribution in [3.05, 3.63) is 54.1 Å². The molecular weight excluding hydrogens is 312 g/mol. The molecule has 2 unspecified atom stereocenters. The number of nitrogens with one attached hydrogen (secondary N) is 1. The smallest absolute Gasteiger partial charge is 0.255 e. The summed E-state index contributed by atoms with van der Waals surface area (Å²) in [5.74, 6) is 1.55. The lowest BCUT2D eigenvalue weighted by Gasteiger charge is -2.25. The Morgan fingerprint density at radius 2 is 1.91 bits per heavy atom. The Labute approximate surface area is 138 Å². The van der Waals surface area contributed by atoms with Crippen molar-refractivity contribution in [3.8, 4) is 11.5 Å². The van der Waals surface area contributed by atoms with E-state index in [0.29, 0.717) is 0 Å². The molecule has 2 aromatic carbocycles. The third kappa shape index (κ3) is 2.59. The Bertz CT molecular complexity index is 738. The van der Waals surface area contributed by atoms with E-state index in [-0.39, 0.29) is 23.3 Å². The van der Waals surface area contributed by atoms with Crippen LogP contribution in [-0.4, -0.2) is 23.0 Å². The lowest BCUT2D eigenvalue weighted by atomic mass is 10.2. The number of carbonyl (C=O) groups excluding carboxylic acids is 1. The quantitative estimate of drug-likeness (QED) is 0.936. The summed E-state index contributed by atoms with van der Waals surface area (Å²) in [7, 11) is 0. The molecule has 0 bridgehead atoms. The first-order chi connectivity index (χ1) is 11.2. The van der Waals surface area contributed by atoms with Gasteiger partial charge in [-0.05, 0) is 36.8 Å². The van der Waals surface area contributed by atoms with Crippen molar-refractivity contribution in [1.29, 1.82) is 0 Å². The molecule has 1 N–H and O–H groups in total. The van der Waals surface area contributed by atoms with Crippen molar-refractivity contribution >= 4 is 23.4 Å². The molecule has 0 aliphatic carbocycles. The standard InChI is InChI=1S/C17H16N2O3S/c1-11-16(20)19(18-13-5-3-2-4-6-13)17(23-11)12-7-8-14-15(9-12)22-10-21-14/h2-9,11,17-18H,10H2,1H3. The summed E-state index contributed by atoms with van der Waals surface area (Å²) in [6.45, 7) is 2.18. The molecule has 0 radical (unpaired) electrons. The maximum atomic E-state index is 12.5. The highest BCUT2D eigenvalue weighted by Gasteiger charge is 2.39. The summed E-state index contributed by atoms with van der Waals surface area (Å²) in [5.41, 5.74) is 5.13. The second-order valence-corrected chi connectivity index (χ2v) is 6.86. The Hall–Kier alpha value is -2.34. The fourth-order valence-corrected chi connectivity index (χ4v) is 3.88. The summed E-state index contributed by atoms with van der Waals surface area (Å²) in [5, 5.41) is 1.50. The Kier molecular flexibility index (Phi) is 3.53. The molecule has 0 saturated carbocycles. The van der Waals surface area contributed by atoms with Crippen LogP contribution in [0, 0.1) is 0 Å². The van der Waals surface area contributed by atoms with Crippen LogP contribution >= 0.6 is 11.8 Å². The molecule has 2 aromatic rings. The molecule has 4 rings (SSSR count). The lowest BCUT2D eigenvalue weighted by molar-refractivity contribution is -0.128. The van der Waals surface area contributed by atoms with Crippen molar-refractivity contribution in [2.24, 2.45) is 0 Å². The molecule has 1 amide bonds. The fourth-order valence-electron chi connectivity index (χ4n) is 2.68. The van der Waals surface area contributed by atoms with Gasteiger partial charge in [0.1, 0.15) is 5.37 Å². The van der Waals surface area contributed by atoms with E-state index in [9.17, 15) is 4.79 Å². The van der Waals surface area contributed by atoms with Gasteiger partial charge in [-0.15, -0.1) is 11.8 Å². The largest absolute Gasteiger partial charge is 0.454 e. The van der Waals surface area contributed by atoms with E-state index in [4.69, 9.17) is 9.47 Å². The zero-order valence-corrected chi connectivity index (χ0v) is 13.4. The van der Waals surface area contributed by atoms with Gasteiger partial charge in [0.15, 0.2) is 11.5 Å². The maximum Gasteiger partial charge on any atom is 0.255 e. The molecule has 1 saturated heterocycles. The van der Waals surface area contributed by atoms with E-state index in [0.717, 1.165) is 22.7 Å². The van der Waals surface area contributed by atoms with Gasteiger partial charge in [0.2, 0.25) is 6.79 Å². The number of anilines is 1. The molecule has 118 valence electrons. The normalized spacial score (nSPS) is 22.5. The highest BCUT2D eigenvalue weighted by atomic mass is 32.2. The monoisotopic (exact) mass is 328 g/mol. The van der Waals surface area contributed by atoms with E-state index in [2.05, 4.69) is 5.43 Å². The van der Waals surface area contributed by atoms with Gasteiger partial charge in [-0.1, -0.05) is 24.3 Å². The average molecular weight is 328 g/mol. The number of thioether (sulfide) groups is 1. The molecule has 2 aliphatic heterocycles. The molecule has 2 heterocycles. The average Bonchev–Trinajstić information content (AvgIpc) is 3.15. The number of hydrazine groups is 1. The number of rotatable bonds is 3. The first-order valence-electron chi connectivity index (χ1n) is 7.42. The number of benzene rings is 2. The van der Waals surface area contributed by atoms with Crippen LogP contribution < -0.4 is 14.9 Å². The van der Waals surface area contributed by atoms with Crippen molar-refractivity contribution in [2.45, 2.75) is 17.5 Å². The van der Waals surface area contributed by atoms with Gasteiger partial charge in [0.25, 0.3) is 5.91 Å². The second-order valence-electron chi connectivity index (χ2n) is 5.43. The first kappa shape index (κ1) is 14.3. The molecule has 6 heteroatoms. The highest BCUT2D eigenvalue weighted by molar-refractivity contribution is 8.01. The number of ether oxygens (including phenoxy) is 2. The molecular formula is C17H16N2O3S. The number of fused-ring (bicyclic) bond motifs is 1. The molecule has 5 nitrogen and oxygen atoms in total. The van der Waals surface area contributed by atoms with Crippen LogP contribution in [0.3, 0.4) is 0 Å². The zero-order valence-electron chi connectivity index (χ0n) is 12.6. The van der Waals surface area contributed by atoms with Crippen molar-refractivity contribution in [1.82, 2.24) is 5.01 Å². The number of para-hydroxylation sites is 1. The topological polar surface area (TPSA) is 50.8 Å². The number of amides is 1. The Morgan fingerprint density at radius 1 is 1.13 bits per heavy atom. The summed E-state index contributed by atoms with van der Waals surface area (Å²) in [6, 6.07) is 15.5. The minimum Gasteiger partial charge on any atom is -0.454 e. The number of hydrogen-bond acceptors (Lipinski definition) is 5. The van der Waals surface area contributed by atoms with Gasteiger partial charge in [-0.3, -0.25) is 10.2 Å². The first-order valence-corrected chi connectivity index (χ1v) is 8.36. The van der Waals surface area contributed by atoms with Crippen LogP contribution in [0.2, 0.25) is 0 Å². The maximum absolute atomic E-state index is 12.5. The van der Waals surface area contributed by atoms with Gasteiger partial charge in [0, 0.05) is 0 Å². The summed E-state index contributed by atoms with van der Waals surface area (Å²) >= 11 is 1.62. The van der Waals surface area contributed by atoms with Crippen LogP contribution in [0.25, 0.3) is 0 Å². The molecule has 2 atom stereocenters. The number of nitrogens with zero attached hydrogens (tertiary/aromatic N) is 1. The summed E-state index contributed by atoms with van der Waals surface area (Å²) in [4.78, 5) is 12.5. The third-order valence-corrected chi connectivity index (χ3v) is 5.21. The minimum absolute atomic E-state index is 0.0709. The Morgan fingerprint density at radius 3 is 2.74 bits per heavy atom. The third-order valence-electron chi connectivity index (χ3n) is 3.86. The van der Waals surface area contributed by atoms with E-state index in [1.807, 2.05) is 55.5 Å². The summed E-state index contributed by atoms with van der Waals surface area (Å²) in [6.07, 6.45) is 0. The van der Waals surface area contributed by atoms with Gasteiger partial charge in [-0.2, -0.15) is 0 Å². The number of carbonyl (C=O) groups is 1. The fraction of sp³-hybridized carbons (Fsp3) is 0.235. The second kappa shape index (κ2) is 5.70. The zero-order chi connectivity index (χ0) is 15.8. The van der Waals surface area contributed by atoms with Gasteiger partial charge < -0.3 is 9.47 Å². The van der Waals surface area contributed by atoms with Crippen molar-refractivity contribution in [2.75, 3.05) is 12.2 Å². The molecule has 0 spiro atoms. The van der Waals surface area contributed by atoms with Gasteiger partial charge in [0.05, 0.1) is 10.9 Å². The lowest BCUT2D eigenvalue weighted by Crippen LogP contribution is -2.35. The van der Waals surface area contributed by atoms with Crippen molar-refractivity contribution in [3.63, 3.8) is 0 Å².